The van der Waals surface area contributed by atoms with Crippen LogP contribution in [0.4, 0.5) is 13.2 Å². The van der Waals surface area contributed by atoms with Crippen LogP contribution < -0.4 is 0 Å². The maximum Gasteiger partial charge on any atom is 0.534 e. The van der Waals surface area contributed by atoms with Crippen molar-refractivity contribution in [3.05, 3.63) is 11.8 Å². The third kappa shape index (κ3) is 2.37. The molecule has 2 aliphatic rings. The van der Waals surface area contributed by atoms with Gasteiger partial charge in [0, 0.05) is 5.41 Å². The van der Waals surface area contributed by atoms with E-state index >= 15 is 0 Å². The van der Waals surface area contributed by atoms with Crippen molar-refractivity contribution in [2.24, 2.45) is 5.41 Å². The molecule has 18 heavy (non-hydrogen) atoms. The fourth-order valence-corrected chi connectivity index (χ4v) is 3.43. The molecule has 0 aromatic rings. The van der Waals surface area contributed by atoms with Crippen LogP contribution in [0.2, 0.25) is 0 Å². The Hall–Kier alpha value is -0.720. The summed E-state index contributed by atoms with van der Waals surface area (Å²) >= 11 is 0. The maximum atomic E-state index is 12.3. The van der Waals surface area contributed by atoms with Crippen LogP contribution >= 0.6 is 0 Å². The Bertz CT molecular complexity index is 445. The van der Waals surface area contributed by atoms with E-state index in [9.17, 15) is 21.6 Å². The number of halogens is 3. The number of alkyl halides is 3. The molecule has 1 spiro atoms. The van der Waals surface area contributed by atoms with Crippen LogP contribution in [0, 0.1) is 5.41 Å². The van der Waals surface area contributed by atoms with E-state index in [2.05, 4.69) is 4.18 Å². The van der Waals surface area contributed by atoms with Crippen molar-refractivity contribution in [3.8, 4) is 0 Å². The molecule has 0 saturated heterocycles. The lowest BCUT2D eigenvalue weighted by Crippen LogP contribution is -2.31. The summed E-state index contributed by atoms with van der Waals surface area (Å²) in [6.45, 7) is 0. The molecule has 0 unspecified atom stereocenters. The minimum Gasteiger partial charge on any atom is -0.380 e. The third-order valence-corrected chi connectivity index (χ3v) is 4.72. The first-order valence-corrected chi connectivity index (χ1v) is 7.39. The van der Waals surface area contributed by atoms with Crippen LogP contribution in [0.15, 0.2) is 11.8 Å². The summed E-state index contributed by atoms with van der Waals surface area (Å²) in [5, 5.41) is 0. The van der Waals surface area contributed by atoms with Gasteiger partial charge in [0.25, 0.3) is 0 Å². The highest BCUT2D eigenvalue weighted by Crippen LogP contribution is 2.51. The minimum absolute atomic E-state index is 0.0172. The van der Waals surface area contributed by atoms with Crippen molar-refractivity contribution < 1.29 is 25.8 Å². The molecular formula is C11H15F3O3S. The molecule has 7 heteroatoms. The van der Waals surface area contributed by atoms with Gasteiger partial charge in [-0.25, -0.2) is 0 Å². The van der Waals surface area contributed by atoms with E-state index in [-0.39, 0.29) is 5.76 Å². The highest BCUT2D eigenvalue weighted by Gasteiger charge is 2.51. The molecule has 0 N–H and O–H groups in total. The number of allylic oxidation sites excluding steroid dienone is 2. The Labute approximate surface area is 104 Å². The van der Waals surface area contributed by atoms with E-state index in [0.717, 1.165) is 19.3 Å². The molecule has 2 aliphatic carbocycles. The summed E-state index contributed by atoms with van der Waals surface area (Å²) < 4.78 is 63.5. The van der Waals surface area contributed by atoms with E-state index in [1.165, 1.54) is 6.08 Å². The predicted octanol–water partition coefficient (Wildman–Crippen LogP) is 3.48. The van der Waals surface area contributed by atoms with E-state index < -0.39 is 21.0 Å². The Balaban J connectivity index is 2.25. The second-order valence-electron chi connectivity index (χ2n) is 4.93. The van der Waals surface area contributed by atoms with Crippen molar-refractivity contribution in [3.63, 3.8) is 0 Å². The van der Waals surface area contributed by atoms with Gasteiger partial charge in [0.05, 0.1) is 0 Å². The maximum absolute atomic E-state index is 12.3. The summed E-state index contributed by atoms with van der Waals surface area (Å²) in [7, 11) is -5.53. The van der Waals surface area contributed by atoms with Gasteiger partial charge in [0.2, 0.25) is 0 Å². The van der Waals surface area contributed by atoms with Gasteiger partial charge in [-0.2, -0.15) is 21.6 Å². The van der Waals surface area contributed by atoms with Crippen molar-refractivity contribution in [2.75, 3.05) is 0 Å². The largest absolute Gasteiger partial charge is 0.534 e. The average Bonchev–Trinajstić information content (AvgIpc) is 2.69. The Morgan fingerprint density at radius 3 is 2.22 bits per heavy atom. The topological polar surface area (TPSA) is 43.4 Å². The third-order valence-electron chi connectivity index (χ3n) is 3.76. The van der Waals surface area contributed by atoms with Gasteiger partial charge in [-0.15, -0.1) is 0 Å². The number of hydrogen-bond acceptors (Lipinski definition) is 3. The molecule has 3 nitrogen and oxygen atoms in total. The Morgan fingerprint density at radius 1 is 1.11 bits per heavy atom. The monoisotopic (exact) mass is 284 g/mol. The van der Waals surface area contributed by atoms with Gasteiger partial charge < -0.3 is 4.18 Å². The standard InChI is InChI=1S/C11H15F3O3S/c12-11(13,14)18(15,16)17-9-5-1-2-6-10(9)7-3-4-8-10/h5H,1-4,6-8H2. The summed E-state index contributed by atoms with van der Waals surface area (Å²) in [6, 6.07) is 0. The Morgan fingerprint density at radius 2 is 1.67 bits per heavy atom. The lowest BCUT2D eigenvalue weighted by Gasteiger charge is -2.34. The van der Waals surface area contributed by atoms with E-state index in [1.54, 1.807) is 0 Å². The second-order valence-corrected chi connectivity index (χ2v) is 6.47. The molecule has 1 fully saturated rings. The van der Waals surface area contributed by atoms with Gasteiger partial charge in [0.1, 0.15) is 5.76 Å². The first kappa shape index (κ1) is 13.7. The van der Waals surface area contributed by atoms with Gasteiger partial charge >= 0.3 is 15.6 Å². The quantitative estimate of drug-likeness (QED) is 0.576. The summed E-state index contributed by atoms with van der Waals surface area (Å²) in [5.74, 6) is 0.0172. The molecule has 2 rings (SSSR count). The first-order valence-electron chi connectivity index (χ1n) is 5.98. The van der Waals surface area contributed by atoms with Crippen molar-refractivity contribution >= 4 is 10.1 Å². The van der Waals surface area contributed by atoms with Crippen molar-refractivity contribution in [1.29, 1.82) is 0 Å². The molecule has 0 heterocycles. The van der Waals surface area contributed by atoms with Crippen LogP contribution in [-0.4, -0.2) is 13.9 Å². The summed E-state index contributed by atoms with van der Waals surface area (Å²) in [6.07, 6.45) is 6.92. The predicted molar refractivity (Wildman–Crippen MR) is 58.9 cm³/mol. The normalized spacial score (nSPS) is 24.1. The first-order chi connectivity index (χ1) is 8.27. The molecule has 0 radical (unpaired) electrons. The fraction of sp³-hybridized carbons (Fsp3) is 0.818. The summed E-state index contributed by atoms with van der Waals surface area (Å²) in [5.41, 5.74) is -5.83. The minimum atomic E-state index is -5.53. The second kappa shape index (κ2) is 4.43. The molecule has 0 aliphatic heterocycles. The molecule has 0 aromatic heterocycles. The lowest BCUT2D eigenvalue weighted by molar-refractivity contribution is -0.0536. The average molecular weight is 284 g/mol. The van der Waals surface area contributed by atoms with Crippen LogP contribution in [0.1, 0.15) is 44.9 Å². The zero-order valence-electron chi connectivity index (χ0n) is 9.79. The van der Waals surface area contributed by atoms with Crippen LogP contribution in [-0.2, 0) is 14.3 Å². The number of rotatable bonds is 2. The SMILES string of the molecule is O=S(=O)(OC1=CCCCC12CCCC2)C(F)(F)F. The molecule has 0 atom stereocenters. The highest BCUT2D eigenvalue weighted by molar-refractivity contribution is 7.87. The molecule has 0 aromatic carbocycles. The van der Waals surface area contributed by atoms with Gasteiger partial charge in [0.15, 0.2) is 0 Å². The number of hydrogen-bond donors (Lipinski definition) is 0. The van der Waals surface area contributed by atoms with Crippen LogP contribution in [0.25, 0.3) is 0 Å². The Kier molecular flexibility index (Phi) is 3.38. The van der Waals surface area contributed by atoms with E-state index in [1.807, 2.05) is 0 Å². The molecule has 0 amide bonds. The van der Waals surface area contributed by atoms with Crippen molar-refractivity contribution in [2.45, 2.75) is 50.5 Å². The fourth-order valence-electron chi connectivity index (χ4n) is 2.85. The van der Waals surface area contributed by atoms with Crippen LogP contribution in [0.3, 0.4) is 0 Å². The van der Waals surface area contributed by atoms with E-state index in [0.29, 0.717) is 25.7 Å². The lowest BCUT2D eigenvalue weighted by atomic mass is 9.76. The van der Waals surface area contributed by atoms with Crippen molar-refractivity contribution in [1.82, 2.24) is 0 Å². The highest BCUT2D eigenvalue weighted by atomic mass is 32.2. The molecular weight excluding hydrogens is 269 g/mol. The zero-order valence-corrected chi connectivity index (χ0v) is 10.6. The van der Waals surface area contributed by atoms with Gasteiger partial charge in [-0.05, 0) is 38.2 Å². The molecule has 0 bridgehead atoms. The summed E-state index contributed by atoms with van der Waals surface area (Å²) in [4.78, 5) is 0. The molecule has 104 valence electrons. The van der Waals surface area contributed by atoms with Gasteiger partial charge in [-0.3, -0.25) is 0 Å². The van der Waals surface area contributed by atoms with E-state index in [4.69, 9.17) is 0 Å². The smallest absolute Gasteiger partial charge is 0.380 e. The zero-order chi connectivity index (χ0) is 13.4. The van der Waals surface area contributed by atoms with Crippen LogP contribution in [0.5, 0.6) is 0 Å². The van der Waals surface area contributed by atoms with Gasteiger partial charge in [-0.1, -0.05) is 12.8 Å². The molecule has 1 saturated carbocycles.